The molecule has 2 aromatic heterocycles. The largest absolute Gasteiger partial charge is 0.354 e. The molecule has 0 bridgehead atoms. The molecule has 96 valence electrons. The van der Waals surface area contributed by atoms with Crippen LogP contribution >= 0.6 is 0 Å². The summed E-state index contributed by atoms with van der Waals surface area (Å²) in [6.07, 6.45) is 5.94. The van der Waals surface area contributed by atoms with Crippen molar-refractivity contribution in [2.24, 2.45) is 0 Å². The summed E-state index contributed by atoms with van der Waals surface area (Å²) in [5.41, 5.74) is 0.921. The van der Waals surface area contributed by atoms with Crippen LogP contribution in [0.3, 0.4) is 0 Å². The Morgan fingerprint density at radius 3 is 3.33 bits per heavy atom. The fraction of sp³-hybridized carbons (Fsp3) is 0.538. The lowest BCUT2D eigenvalue weighted by Crippen LogP contribution is -2.33. The second-order valence-corrected chi connectivity index (χ2v) is 4.82. The van der Waals surface area contributed by atoms with E-state index in [9.17, 15) is 0 Å². The summed E-state index contributed by atoms with van der Waals surface area (Å²) in [6.45, 7) is 5.41. The predicted molar refractivity (Wildman–Crippen MR) is 72.8 cm³/mol. The van der Waals surface area contributed by atoms with Gasteiger partial charge in [0.2, 0.25) is 0 Å². The SMILES string of the molecule is CCCN[C@@H]1CCN(c2ncnc3[nH]ccc23)C1. The minimum absolute atomic E-state index is 0.592. The molecule has 0 radical (unpaired) electrons. The third-order valence-electron chi connectivity index (χ3n) is 3.50. The zero-order valence-electron chi connectivity index (χ0n) is 10.7. The Morgan fingerprint density at radius 1 is 1.50 bits per heavy atom. The number of hydrogen-bond acceptors (Lipinski definition) is 4. The summed E-state index contributed by atoms with van der Waals surface area (Å²) in [7, 11) is 0. The number of H-pyrrole nitrogens is 1. The Balaban J connectivity index is 1.78. The molecule has 1 atom stereocenters. The van der Waals surface area contributed by atoms with Gasteiger partial charge in [0, 0.05) is 25.3 Å². The minimum atomic E-state index is 0.592. The van der Waals surface area contributed by atoms with Gasteiger partial charge in [-0.25, -0.2) is 9.97 Å². The fourth-order valence-corrected chi connectivity index (χ4v) is 2.58. The van der Waals surface area contributed by atoms with Crippen molar-refractivity contribution in [1.82, 2.24) is 20.3 Å². The monoisotopic (exact) mass is 245 g/mol. The van der Waals surface area contributed by atoms with Crippen LogP contribution in [0.4, 0.5) is 5.82 Å². The molecule has 0 unspecified atom stereocenters. The van der Waals surface area contributed by atoms with Crippen molar-refractivity contribution < 1.29 is 0 Å². The smallest absolute Gasteiger partial charge is 0.142 e. The number of aromatic nitrogens is 3. The van der Waals surface area contributed by atoms with Gasteiger partial charge in [-0.1, -0.05) is 6.92 Å². The van der Waals surface area contributed by atoms with Crippen LogP contribution in [0, 0.1) is 0 Å². The maximum Gasteiger partial charge on any atom is 0.142 e. The molecule has 0 spiro atoms. The Kier molecular flexibility index (Phi) is 3.15. The van der Waals surface area contributed by atoms with Gasteiger partial charge in [-0.05, 0) is 25.5 Å². The van der Waals surface area contributed by atoms with Crippen molar-refractivity contribution in [1.29, 1.82) is 0 Å². The molecule has 1 aliphatic heterocycles. The van der Waals surface area contributed by atoms with Gasteiger partial charge in [-0.15, -0.1) is 0 Å². The van der Waals surface area contributed by atoms with Gasteiger partial charge in [0.05, 0.1) is 5.39 Å². The van der Waals surface area contributed by atoms with E-state index in [4.69, 9.17) is 0 Å². The van der Waals surface area contributed by atoms with Crippen molar-refractivity contribution in [3.63, 3.8) is 0 Å². The number of fused-ring (bicyclic) bond motifs is 1. The number of nitrogens with zero attached hydrogens (tertiary/aromatic N) is 3. The third-order valence-corrected chi connectivity index (χ3v) is 3.50. The lowest BCUT2D eigenvalue weighted by Gasteiger charge is -2.18. The van der Waals surface area contributed by atoms with Crippen LogP contribution in [-0.2, 0) is 0 Å². The molecule has 2 aromatic rings. The quantitative estimate of drug-likeness (QED) is 0.858. The van der Waals surface area contributed by atoms with E-state index in [1.807, 2.05) is 6.20 Å². The van der Waals surface area contributed by atoms with E-state index in [0.29, 0.717) is 6.04 Å². The third kappa shape index (κ3) is 2.06. The Morgan fingerprint density at radius 2 is 2.44 bits per heavy atom. The number of aromatic amines is 1. The molecule has 5 heteroatoms. The number of nitrogens with one attached hydrogen (secondary N) is 2. The van der Waals surface area contributed by atoms with Crippen molar-refractivity contribution in [2.75, 3.05) is 24.5 Å². The topological polar surface area (TPSA) is 56.8 Å². The molecular formula is C13H19N5. The highest BCUT2D eigenvalue weighted by atomic mass is 15.2. The molecule has 0 aliphatic carbocycles. The van der Waals surface area contributed by atoms with Crippen LogP contribution in [0.2, 0.25) is 0 Å². The highest BCUT2D eigenvalue weighted by Gasteiger charge is 2.24. The highest BCUT2D eigenvalue weighted by Crippen LogP contribution is 2.25. The van der Waals surface area contributed by atoms with E-state index in [1.54, 1.807) is 6.33 Å². The first-order chi connectivity index (χ1) is 8.88. The summed E-state index contributed by atoms with van der Waals surface area (Å²) >= 11 is 0. The lowest BCUT2D eigenvalue weighted by molar-refractivity contribution is 0.549. The second-order valence-electron chi connectivity index (χ2n) is 4.82. The summed E-state index contributed by atoms with van der Waals surface area (Å²) in [4.78, 5) is 14.2. The second kappa shape index (κ2) is 4.94. The first-order valence-electron chi connectivity index (χ1n) is 6.65. The van der Waals surface area contributed by atoms with Crippen LogP contribution in [0.25, 0.3) is 11.0 Å². The average molecular weight is 245 g/mol. The summed E-state index contributed by atoms with van der Waals surface area (Å²) in [6, 6.07) is 2.64. The summed E-state index contributed by atoms with van der Waals surface area (Å²) in [5, 5.41) is 4.70. The maximum atomic E-state index is 4.44. The molecule has 1 aliphatic rings. The van der Waals surface area contributed by atoms with E-state index < -0.39 is 0 Å². The van der Waals surface area contributed by atoms with Gasteiger partial charge < -0.3 is 15.2 Å². The number of anilines is 1. The molecule has 3 heterocycles. The Bertz CT molecular complexity index is 521. The zero-order valence-corrected chi connectivity index (χ0v) is 10.7. The highest BCUT2D eigenvalue weighted by molar-refractivity contribution is 5.87. The summed E-state index contributed by atoms with van der Waals surface area (Å²) < 4.78 is 0. The molecule has 1 saturated heterocycles. The molecular weight excluding hydrogens is 226 g/mol. The van der Waals surface area contributed by atoms with E-state index >= 15 is 0 Å². The van der Waals surface area contributed by atoms with Gasteiger partial charge in [0.25, 0.3) is 0 Å². The molecule has 18 heavy (non-hydrogen) atoms. The van der Waals surface area contributed by atoms with E-state index in [-0.39, 0.29) is 0 Å². The lowest BCUT2D eigenvalue weighted by atomic mass is 10.2. The molecule has 0 amide bonds. The first-order valence-corrected chi connectivity index (χ1v) is 6.65. The van der Waals surface area contributed by atoms with Crippen molar-refractivity contribution in [3.8, 4) is 0 Å². The van der Waals surface area contributed by atoms with Gasteiger partial charge in [0.15, 0.2) is 0 Å². The molecule has 0 saturated carbocycles. The Hall–Kier alpha value is -1.62. The van der Waals surface area contributed by atoms with Crippen LogP contribution in [0.5, 0.6) is 0 Å². The van der Waals surface area contributed by atoms with E-state index in [2.05, 4.69) is 38.2 Å². The van der Waals surface area contributed by atoms with Crippen LogP contribution in [0.15, 0.2) is 18.6 Å². The molecule has 0 aromatic carbocycles. The van der Waals surface area contributed by atoms with Crippen LogP contribution < -0.4 is 10.2 Å². The predicted octanol–water partition coefficient (Wildman–Crippen LogP) is 1.54. The van der Waals surface area contributed by atoms with Gasteiger partial charge in [0.1, 0.15) is 17.8 Å². The van der Waals surface area contributed by atoms with E-state index in [0.717, 1.165) is 36.5 Å². The zero-order chi connectivity index (χ0) is 12.4. The van der Waals surface area contributed by atoms with Gasteiger partial charge in [-0.2, -0.15) is 0 Å². The molecule has 5 nitrogen and oxygen atoms in total. The fourth-order valence-electron chi connectivity index (χ4n) is 2.58. The number of hydrogen-bond donors (Lipinski definition) is 2. The standard InChI is InChI=1S/C13H19N5/c1-2-5-14-10-4-7-18(8-10)13-11-3-6-15-12(11)16-9-17-13/h3,6,9-10,14H,2,4-5,7-8H2,1H3,(H,15,16,17)/t10-/m1/s1. The van der Waals surface area contributed by atoms with Crippen LogP contribution in [0.1, 0.15) is 19.8 Å². The average Bonchev–Trinajstić information content (AvgIpc) is 3.04. The van der Waals surface area contributed by atoms with Gasteiger partial charge >= 0.3 is 0 Å². The van der Waals surface area contributed by atoms with Crippen molar-refractivity contribution >= 4 is 16.9 Å². The van der Waals surface area contributed by atoms with E-state index in [1.165, 1.54) is 12.8 Å². The Labute approximate surface area is 107 Å². The van der Waals surface area contributed by atoms with Crippen LogP contribution in [-0.4, -0.2) is 40.6 Å². The normalized spacial score (nSPS) is 19.8. The number of rotatable bonds is 4. The van der Waals surface area contributed by atoms with Crippen molar-refractivity contribution in [2.45, 2.75) is 25.8 Å². The van der Waals surface area contributed by atoms with Gasteiger partial charge in [-0.3, -0.25) is 0 Å². The first kappa shape index (κ1) is 11.5. The molecule has 2 N–H and O–H groups in total. The molecule has 1 fully saturated rings. The minimum Gasteiger partial charge on any atom is -0.354 e. The maximum absolute atomic E-state index is 4.44. The van der Waals surface area contributed by atoms with Crippen molar-refractivity contribution in [3.05, 3.63) is 18.6 Å². The summed E-state index contributed by atoms with van der Waals surface area (Å²) in [5.74, 6) is 1.06. The molecule has 3 rings (SSSR count).